The van der Waals surface area contributed by atoms with Crippen molar-refractivity contribution in [2.45, 2.75) is 6.54 Å². The summed E-state index contributed by atoms with van der Waals surface area (Å²) < 4.78 is 15.8. The summed E-state index contributed by atoms with van der Waals surface area (Å²) in [4.78, 5) is 16.8. The third-order valence-electron chi connectivity index (χ3n) is 3.89. The second kappa shape index (κ2) is 6.51. The lowest BCUT2D eigenvalue weighted by Crippen LogP contribution is -2.09. The molecule has 26 heavy (non-hydrogen) atoms. The maximum absolute atomic E-state index is 14.0. The predicted molar refractivity (Wildman–Crippen MR) is 97.6 cm³/mol. The molecule has 0 saturated carbocycles. The summed E-state index contributed by atoms with van der Waals surface area (Å²) in [5, 5.41) is 1.04. The van der Waals surface area contributed by atoms with Crippen LogP contribution < -0.4 is 5.73 Å². The van der Waals surface area contributed by atoms with Crippen LogP contribution in [0.1, 0.15) is 5.56 Å². The van der Waals surface area contributed by atoms with Gasteiger partial charge in [0.15, 0.2) is 23.2 Å². The van der Waals surface area contributed by atoms with E-state index in [0.29, 0.717) is 33.7 Å². The van der Waals surface area contributed by atoms with Crippen LogP contribution in [-0.2, 0) is 6.54 Å². The molecule has 2 aliphatic rings. The highest BCUT2D eigenvalue weighted by Crippen LogP contribution is 2.31. The molecule has 2 aliphatic heterocycles. The van der Waals surface area contributed by atoms with Crippen LogP contribution in [0.15, 0.2) is 43.0 Å². The Morgan fingerprint density at radius 3 is 2.62 bits per heavy atom. The molecular weight excluding hydrogens is 378 g/mol. The van der Waals surface area contributed by atoms with Crippen LogP contribution in [-0.4, -0.2) is 24.5 Å². The Balaban J connectivity index is 1.85. The lowest BCUT2D eigenvalue weighted by atomic mass is 10.2. The highest BCUT2D eigenvalue weighted by molar-refractivity contribution is 6.35. The van der Waals surface area contributed by atoms with Crippen molar-refractivity contribution in [3.05, 3.63) is 64.4 Å². The standard InChI is InChI=1S/C17H11Cl2FN6/c18-11-2-1-3-12(19)10(11)7-26-8-23-15(21)14-17(26)25-16(24-14)9-6-22-5-4-13(9)20/h1-6,8H,7,21H2. The quantitative estimate of drug-likeness (QED) is 0.574. The number of aromatic nitrogens is 5. The van der Waals surface area contributed by atoms with E-state index in [1.165, 1.54) is 24.8 Å². The lowest BCUT2D eigenvalue weighted by Gasteiger charge is -2.13. The predicted octanol–water partition coefficient (Wildman–Crippen LogP) is 3.92. The Labute approximate surface area is 157 Å². The number of hydrogen-bond donors (Lipinski definition) is 1. The molecule has 3 heterocycles. The van der Waals surface area contributed by atoms with Gasteiger partial charge in [0.2, 0.25) is 0 Å². The van der Waals surface area contributed by atoms with Gasteiger partial charge in [0.1, 0.15) is 5.82 Å². The van der Waals surface area contributed by atoms with Crippen LogP contribution in [0.2, 0.25) is 10.0 Å². The van der Waals surface area contributed by atoms with Gasteiger partial charge in [-0.15, -0.1) is 0 Å². The van der Waals surface area contributed by atoms with E-state index in [2.05, 4.69) is 19.9 Å². The zero-order chi connectivity index (χ0) is 18.3. The Hall–Kier alpha value is -2.77. The molecule has 0 fully saturated rings. The summed E-state index contributed by atoms with van der Waals surface area (Å²) in [5.74, 6) is 0.364. The zero-order valence-electron chi connectivity index (χ0n) is 13.2. The number of halogens is 3. The van der Waals surface area contributed by atoms with Gasteiger partial charge in [-0.2, -0.15) is 0 Å². The number of imidazole rings is 1. The number of hydrogen-bond acceptors (Lipinski definition) is 5. The zero-order valence-corrected chi connectivity index (χ0v) is 14.7. The molecule has 0 saturated heterocycles. The van der Waals surface area contributed by atoms with E-state index in [1.807, 2.05) is 0 Å². The highest BCUT2D eigenvalue weighted by Gasteiger charge is 2.22. The molecule has 6 nitrogen and oxygen atoms in total. The maximum atomic E-state index is 14.0. The van der Waals surface area contributed by atoms with E-state index < -0.39 is 5.82 Å². The highest BCUT2D eigenvalue weighted by atomic mass is 35.5. The first-order valence-corrected chi connectivity index (χ1v) is 8.31. The fraction of sp³-hybridized carbons (Fsp3) is 0.0588. The third kappa shape index (κ3) is 2.85. The molecule has 0 radical (unpaired) electrons. The molecule has 0 bridgehead atoms. The molecule has 130 valence electrons. The second-order valence-electron chi connectivity index (χ2n) is 5.53. The first-order chi connectivity index (χ1) is 12.5. The number of fused-ring (bicyclic) bond motifs is 1. The molecule has 0 aliphatic carbocycles. The minimum Gasteiger partial charge on any atom is -0.382 e. The van der Waals surface area contributed by atoms with Gasteiger partial charge in [-0.05, 0) is 18.2 Å². The van der Waals surface area contributed by atoms with Crippen molar-refractivity contribution < 1.29 is 4.39 Å². The van der Waals surface area contributed by atoms with E-state index in [0.717, 1.165) is 0 Å². The molecule has 2 N–H and O–H groups in total. The van der Waals surface area contributed by atoms with Crippen molar-refractivity contribution in [1.29, 1.82) is 0 Å². The van der Waals surface area contributed by atoms with E-state index in [9.17, 15) is 4.39 Å². The number of nitrogens with two attached hydrogens (primary N) is 1. The number of nitrogen functional groups attached to an aromatic ring is 1. The van der Waals surface area contributed by atoms with Crippen molar-refractivity contribution in [2.24, 2.45) is 0 Å². The minimum atomic E-state index is -0.470. The molecule has 2 aromatic rings. The van der Waals surface area contributed by atoms with E-state index in [1.54, 1.807) is 22.8 Å². The Morgan fingerprint density at radius 1 is 1.12 bits per heavy atom. The molecule has 0 spiro atoms. The van der Waals surface area contributed by atoms with Crippen LogP contribution in [0.4, 0.5) is 10.2 Å². The van der Waals surface area contributed by atoms with Gasteiger partial charge in [0.05, 0.1) is 18.4 Å². The minimum absolute atomic E-state index is 0.185. The van der Waals surface area contributed by atoms with Gasteiger partial charge in [0.25, 0.3) is 0 Å². The van der Waals surface area contributed by atoms with Gasteiger partial charge in [0, 0.05) is 28.0 Å². The molecule has 9 heteroatoms. The second-order valence-corrected chi connectivity index (χ2v) is 6.35. The molecule has 0 atom stereocenters. The normalized spacial score (nSPS) is 11.2. The summed E-state index contributed by atoms with van der Waals surface area (Å²) in [6.07, 6.45) is 4.24. The van der Waals surface area contributed by atoms with Gasteiger partial charge in [-0.1, -0.05) is 29.3 Å². The van der Waals surface area contributed by atoms with Gasteiger partial charge in [-0.3, -0.25) is 4.98 Å². The van der Waals surface area contributed by atoms with Crippen molar-refractivity contribution in [3.8, 4) is 22.9 Å². The first kappa shape index (κ1) is 16.7. The van der Waals surface area contributed by atoms with Gasteiger partial charge < -0.3 is 10.3 Å². The molecule has 1 aromatic heterocycles. The van der Waals surface area contributed by atoms with Crippen molar-refractivity contribution >= 4 is 29.0 Å². The molecular formula is C17H11Cl2FN6. The van der Waals surface area contributed by atoms with Crippen LogP contribution in [0, 0.1) is 5.82 Å². The smallest absolute Gasteiger partial charge is 0.167 e. The molecule has 0 amide bonds. The summed E-state index contributed by atoms with van der Waals surface area (Å²) in [5.41, 5.74) is 7.19. The molecule has 0 unspecified atom stereocenters. The molecule has 1 aromatic carbocycles. The van der Waals surface area contributed by atoms with Crippen LogP contribution in [0.5, 0.6) is 0 Å². The Kier molecular flexibility index (Phi) is 4.18. The van der Waals surface area contributed by atoms with E-state index in [-0.39, 0.29) is 17.2 Å². The number of benzene rings is 1. The fourth-order valence-electron chi connectivity index (χ4n) is 2.59. The number of nitrogens with zero attached hydrogens (tertiary/aromatic N) is 5. The number of rotatable bonds is 3. The SMILES string of the molecule is Nc1ncn(Cc2c(Cl)cccc2Cl)c2nc(-c3cnccc3F)nc1-2. The van der Waals surface area contributed by atoms with Crippen LogP contribution in [0.3, 0.4) is 0 Å². The Morgan fingerprint density at radius 2 is 1.88 bits per heavy atom. The average molecular weight is 389 g/mol. The fourth-order valence-corrected chi connectivity index (χ4v) is 3.10. The molecule has 4 rings (SSSR count). The Bertz CT molecular complexity index is 1060. The number of anilines is 1. The summed E-state index contributed by atoms with van der Waals surface area (Å²) in [6.45, 7) is 0.315. The van der Waals surface area contributed by atoms with Crippen molar-refractivity contribution in [3.63, 3.8) is 0 Å². The summed E-state index contributed by atoms with van der Waals surface area (Å²) in [6, 6.07) is 6.51. The van der Waals surface area contributed by atoms with Crippen LogP contribution >= 0.6 is 23.2 Å². The van der Waals surface area contributed by atoms with Gasteiger partial charge in [-0.25, -0.2) is 19.3 Å². The monoisotopic (exact) mass is 388 g/mol. The van der Waals surface area contributed by atoms with Crippen molar-refractivity contribution in [1.82, 2.24) is 24.5 Å². The van der Waals surface area contributed by atoms with E-state index in [4.69, 9.17) is 28.9 Å². The van der Waals surface area contributed by atoms with Crippen molar-refractivity contribution in [2.75, 3.05) is 5.73 Å². The largest absolute Gasteiger partial charge is 0.382 e. The van der Waals surface area contributed by atoms with E-state index >= 15 is 0 Å². The lowest BCUT2D eigenvalue weighted by molar-refractivity contribution is 0.628. The maximum Gasteiger partial charge on any atom is 0.167 e. The average Bonchev–Trinajstić information content (AvgIpc) is 3.07. The topological polar surface area (TPSA) is 82.5 Å². The van der Waals surface area contributed by atoms with Gasteiger partial charge >= 0.3 is 0 Å². The summed E-state index contributed by atoms with van der Waals surface area (Å²) in [7, 11) is 0. The first-order valence-electron chi connectivity index (χ1n) is 7.55. The third-order valence-corrected chi connectivity index (χ3v) is 4.60. The number of pyridine rings is 1. The van der Waals surface area contributed by atoms with Crippen LogP contribution in [0.25, 0.3) is 22.9 Å². The summed E-state index contributed by atoms with van der Waals surface area (Å²) >= 11 is 12.5.